The number of rotatable bonds is 4. The smallest absolute Gasteiger partial charge is 0.0590 e. The van der Waals surface area contributed by atoms with E-state index >= 15 is 0 Å². The maximum atomic E-state index is 9.07. The van der Waals surface area contributed by atoms with Gasteiger partial charge >= 0.3 is 0 Å². The van der Waals surface area contributed by atoms with E-state index in [1.54, 1.807) is 11.2 Å². The molecule has 0 amide bonds. The zero-order valence-corrected chi connectivity index (χ0v) is 9.51. The average molecular weight is 206 g/mol. The fourth-order valence-corrected chi connectivity index (χ4v) is 0.994. The van der Waals surface area contributed by atoms with Crippen molar-refractivity contribution in [1.82, 2.24) is 0 Å². The van der Waals surface area contributed by atoms with Gasteiger partial charge < -0.3 is 5.11 Å². The van der Waals surface area contributed by atoms with Gasteiger partial charge in [0.2, 0.25) is 0 Å². The number of para-hydroxylation sites is 1. The van der Waals surface area contributed by atoms with Crippen molar-refractivity contribution in [2.45, 2.75) is 13.8 Å². The van der Waals surface area contributed by atoms with Crippen LogP contribution in [0.3, 0.4) is 0 Å². The second kappa shape index (κ2) is 4.94. The molecule has 0 aliphatic rings. The van der Waals surface area contributed by atoms with Gasteiger partial charge in [0.1, 0.15) is 0 Å². The van der Waals surface area contributed by atoms with Crippen molar-refractivity contribution in [2.24, 2.45) is 10.5 Å². The topological polar surface area (TPSA) is 35.8 Å². The summed E-state index contributed by atoms with van der Waals surface area (Å²) < 4.78 is 0. The monoisotopic (exact) mass is 206 g/mol. The molecule has 1 N–H and O–H groups in total. The van der Waals surface area contributed by atoms with Gasteiger partial charge in [-0.2, -0.15) is 5.10 Å². The Bertz CT molecular complexity index is 320. The van der Waals surface area contributed by atoms with E-state index < -0.39 is 0 Å². The molecule has 1 aromatic carbocycles. The molecule has 0 aromatic heterocycles. The Hall–Kier alpha value is -1.35. The Labute approximate surface area is 91.0 Å². The predicted molar refractivity (Wildman–Crippen MR) is 64.2 cm³/mol. The van der Waals surface area contributed by atoms with Crippen molar-refractivity contribution < 1.29 is 5.11 Å². The lowest BCUT2D eigenvalue weighted by molar-refractivity contribution is 0.216. The molecule has 0 aliphatic carbocycles. The first-order valence-electron chi connectivity index (χ1n) is 5.00. The molecule has 82 valence electrons. The number of hydrazone groups is 1. The van der Waals surface area contributed by atoms with Gasteiger partial charge in [0.05, 0.1) is 12.3 Å². The Morgan fingerprint density at radius 3 is 2.47 bits per heavy atom. The van der Waals surface area contributed by atoms with Crippen LogP contribution in [0.25, 0.3) is 0 Å². The molecule has 0 saturated heterocycles. The van der Waals surface area contributed by atoms with Crippen molar-refractivity contribution in [2.75, 3.05) is 18.7 Å². The van der Waals surface area contributed by atoms with Gasteiger partial charge in [0, 0.05) is 18.7 Å². The molecule has 0 bridgehead atoms. The molecule has 0 unspecified atom stereocenters. The third kappa shape index (κ3) is 3.72. The summed E-state index contributed by atoms with van der Waals surface area (Å²) in [5.41, 5.74) is 0.755. The molecule has 0 saturated carbocycles. The Balaban J connectivity index is 2.68. The van der Waals surface area contributed by atoms with E-state index in [4.69, 9.17) is 5.11 Å². The summed E-state index contributed by atoms with van der Waals surface area (Å²) in [7, 11) is 1.89. The first kappa shape index (κ1) is 11.7. The first-order chi connectivity index (χ1) is 7.05. The van der Waals surface area contributed by atoms with Crippen LogP contribution in [0.5, 0.6) is 0 Å². The molecule has 0 radical (unpaired) electrons. The molecule has 3 nitrogen and oxygen atoms in total. The number of anilines is 1. The summed E-state index contributed by atoms with van der Waals surface area (Å²) in [5, 5.41) is 15.1. The highest BCUT2D eigenvalue weighted by Gasteiger charge is 2.13. The fourth-order valence-electron chi connectivity index (χ4n) is 0.994. The molecule has 0 aliphatic heterocycles. The van der Waals surface area contributed by atoms with Crippen molar-refractivity contribution in [3.63, 3.8) is 0 Å². The number of benzene rings is 1. The van der Waals surface area contributed by atoms with Crippen LogP contribution in [0.15, 0.2) is 35.4 Å². The Kier molecular flexibility index (Phi) is 3.86. The van der Waals surface area contributed by atoms with Gasteiger partial charge in [0.25, 0.3) is 0 Å². The van der Waals surface area contributed by atoms with E-state index in [1.165, 1.54) is 0 Å². The van der Waals surface area contributed by atoms with E-state index in [2.05, 4.69) is 5.10 Å². The van der Waals surface area contributed by atoms with E-state index in [0.29, 0.717) is 0 Å². The molecule has 0 atom stereocenters. The SMILES string of the molecule is CN(/N=C/C(C)(C)CO)c1ccccc1. The maximum absolute atomic E-state index is 9.07. The third-order valence-corrected chi connectivity index (χ3v) is 2.12. The number of aliphatic hydroxyl groups excluding tert-OH is 1. The van der Waals surface area contributed by atoms with Crippen molar-refractivity contribution in [3.05, 3.63) is 30.3 Å². The van der Waals surface area contributed by atoms with Crippen LogP contribution in [-0.4, -0.2) is 25.0 Å². The van der Waals surface area contributed by atoms with E-state index in [9.17, 15) is 0 Å². The van der Waals surface area contributed by atoms with Gasteiger partial charge in [-0.25, -0.2) is 0 Å². The van der Waals surface area contributed by atoms with Crippen molar-refractivity contribution in [3.8, 4) is 0 Å². The lowest BCUT2D eigenvalue weighted by Crippen LogP contribution is -2.21. The lowest BCUT2D eigenvalue weighted by Gasteiger charge is -2.18. The fraction of sp³-hybridized carbons (Fsp3) is 0.417. The molecule has 1 aromatic rings. The molecule has 0 heterocycles. The Morgan fingerprint density at radius 1 is 1.33 bits per heavy atom. The lowest BCUT2D eigenvalue weighted by atomic mass is 9.97. The van der Waals surface area contributed by atoms with E-state index in [0.717, 1.165) is 5.69 Å². The van der Waals surface area contributed by atoms with Crippen LogP contribution >= 0.6 is 0 Å². The van der Waals surface area contributed by atoms with Crippen LogP contribution in [0.2, 0.25) is 0 Å². The van der Waals surface area contributed by atoms with Crippen LogP contribution in [-0.2, 0) is 0 Å². The summed E-state index contributed by atoms with van der Waals surface area (Å²) >= 11 is 0. The molecular weight excluding hydrogens is 188 g/mol. The molecule has 3 heteroatoms. The van der Waals surface area contributed by atoms with E-state index in [-0.39, 0.29) is 12.0 Å². The molecular formula is C12H18N2O. The van der Waals surface area contributed by atoms with Gasteiger partial charge in [-0.15, -0.1) is 0 Å². The van der Waals surface area contributed by atoms with Gasteiger partial charge in [-0.3, -0.25) is 5.01 Å². The average Bonchev–Trinajstić information content (AvgIpc) is 2.27. The number of hydrogen-bond donors (Lipinski definition) is 1. The van der Waals surface area contributed by atoms with Crippen LogP contribution < -0.4 is 5.01 Å². The van der Waals surface area contributed by atoms with Gasteiger partial charge in [-0.05, 0) is 12.1 Å². The zero-order chi connectivity index (χ0) is 11.3. The highest BCUT2D eigenvalue weighted by atomic mass is 16.3. The van der Waals surface area contributed by atoms with Crippen LogP contribution in [0.1, 0.15) is 13.8 Å². The number of hydrogen-bond acceptors (Lipinski definition) is 3. The minimum atomic E-state index is -0.275. The molecule has 1 rings (SSSR count). The van der Waals surface area contributed by atoms with Crippen LogP contribution in [0.4, 0.5) is 5.69 Å². The Morgan fingerprint density at radius 2 is 1.93 bits per heavy atom. The van der Waals surface area contributed by atoms with Gasteiger partial charge in [0.15, 0.2) is 0 Å². The summed E-state index contributed by atoms with van der Waals surface area (Å²) in [4.78, 5) is 0. The summed E-state index contributed by atoms with van der Waals surface area (Å²) in [6, 6.07) is 9.89. The van der Waals surface area contributed by atoms with Crippen molar-refractivity contribution >= 4 is 11.9 Å². The quantitative estimate of drug-likeness (QED) is 0.605. The summed E-state index contributed by atoms with van der Waals surface area (Å²) in [6.45, 7) is 3.98. The summed E-state index contributed by atoms with van der Waals surface area (Å²) in [6.07, 6.45) is 1.76. The largest absolute Gasteiger partial charge is 0.395 e. The van der Waals surface area contributed by atoms with Gasteiger partial charge in [-0.1, -0.05) is 32.0 Å². The minimum absolute atomic E-state index is 0.0964. The zero-order valence-electron chi connectivity index (χ0n) is 9.51. The molecule has 0 spiro atoms. The number of aliphatic hydroxyl groups is 1. The van der Waals surface area contributed by atoms with E-state index in [1.807, 2.05) is 51.2 Å². The summed E-state index contributed by atoms with van der Waals surface area (Å²) in [5.74, 6) is 0. The predicted octanol–water partition coefficient (Wildman–Crippen LogP) is 2.13. The van der Waals surface area contributed by atoms with Crippen LogP contribution in [0, 0.1) is 5.41 Å². The molecule has 15 heavy (non-hydrogen) atoms. The van der Waals surface area contributed by atoms with Crippen molar-refractivity contribution in [1.29, 1.82) is 0 Å². The first-order valence-corrected chi connectivity index (χ1v) is 5.00. The number of nitrogens with zero attached hydrogens (tertiary/aromatic N) is 2. The minimum Gasteiger partial charge on any atom is -0.395 e. The second-order valence-corrected chi connectivity index (χ2v) is 4.25. The maximum Gasteiger partial charge on any atom is 0.0590 e. The second-order valence-electron chi connectivity index (χ2n) is 4.25. The normalized spacial score (nSPS) is 12.0. The third-order valence-electron chi connectivity index (χ3n) is 2.12. The molecule has 0 fully saturated rings. The standard InChI is InChI=1S/C12H18N2O/c1-12(2,10-15)9-13-14(3)11-7-5-4-6-8-11/h4-9,15H,10H2,1-3H3/b13-9+. The highest BCUT2D eigenvalue weighted by Crippen LogP contribution is 2.14. The highest BCUT2D eigenvalue weighted by molar-refractivity contribution is 5.66.